The Morgan fingerprint density at radius 1 is 0.810 bits per heavy atom. The molecule has 0 aromatic carbocycles. The summed E-state index contributed by atoms with van der Waals surface area (Å²) in [6, 6.07) is 0. The molecule has 1 N–H and O–H groups in total. The maximum Gasteiger partial charge on any atom is 0.254 e. The van der Waals surface area contributed by atoms with Gasteiger partial charge in [-0.2, -0.15) is 0 Å². The summed E-state index contributed by atoms with van der Waals surface area (Å²) in [4.78, 5) is 45.1. The molecule has 2 rings (SSSR count). The molecular weight excluding hydrogens is 274 g/mol. The number of amides is 4. The van der Waals surface area contributed by atoms with Gasteiger partial charge in [-0.25, -0.2) is 0 Å². The lowest BCUT2D eigenvalue weighted by atomic mass is 10.5. The highest BCUT2D eigenvalue weighted by atomic mass is 16.2. The minimum atomic E-state index is -0.251. The Hall–Kier alpha value is -2.28. The molecule has 0 unspecified atom stereocenters. The van der Waals surface area contributed by atoms with Gasteiger partial charge in [0, 0.05) is 30.8 Å². The average molecular weight is 297 g/mol. The normalized spacial score (nSPS) is 15.7. The van der Waals surface area contributed by atoms with Crippen LogP contribution in [0.15, 0.2) is 24.3 Å². The first-order valence-electron chi connectivity index (χ1n) is 5.73. The van der Waals surface area contributed by atoms with Gasteiger partial charge >= 0.3 is 0 Å². The fraction of sp³-hybridized carbons (Fsp3) is 0.429. The average Bonchev–Trinajstić information content (AvgIpc) is 2.87. The molecule has 118 valence electrons. The number of hydrogen-bond donors (Lipinski definition) is 1. The highest BCUT2D eigenvalue weighted by Crippen LogP contribution is 2.01. The van der Waals surface area contributed by atoms with E-state index in [0.29, 0.717) is 6.54 Å². The van der Waals surface area contributed by atoms with Gasteiger partial charge in [-0.15, -0.1) is 0 Å². The van der Waals surface area contributed by atoms with Crippen molar-refractivity contribution in [2.24, 2.45) is 0 Å². The molecule has 0 aliphatic carbocycles. The van der Waals surface area contributed by atoms with Crippen LogP contribution in [0.4, 0.5) is 0 Å². The standard InChI is InChI=1S/C6H8N2O2.C6H7NO2.2CH4/c1-7-4-8-5(9)2-3-6(8)10;1-2-7-5(8)3-4-6(7)9;;/h2-3,7H,4H2,1H3;3-4H,2H2,1H3;2*1H4. The number of imide groups is 2. The second kappa shape index (κ2) is 9.60. The fourth-order valence-corrected chi connectivity index (χ4v) is 1.49. The van der Waals surface area contributed by atoms with Crippen LogP contribution < -0.4 is 5.32 Å². The second-order valence-electron chi connectivity index (χ2n) is 3.70. The topological polar surface area (TPSA) is 86.8 Å². The Bertz CT molecular complexity index is 433. The van der Waals surface area contributed by atoms with Crippen LogP contribution in [0.2, 0.25) is 0 Å². The van der Waals surface area contributed by atoms with E-state index in [1.54, 1.807) is 14.0 Å². The van der Waals surface area contributed by atoms with Crippen LogP contribution >= 0.6 is 0 Å². The predicted molar refractivity (Wildman–Crippen MR) is 79.9 cm³/mol. The number of hydrogen-bond acceptors (Lipinski definition) is 5. The Kier molecular flexibility index (Phi) is 9.61. The summed E-state index contributed by atoms with van der Waals surface area (Å²) in [5, 5.41) is 2.71. The highest BCUT2D eigenvalue weighted by Gasteiger charge is 2.21. The number of rotatable bonds is 3. The van der Waals surface area contributed by atoms with Crippen LogP contribution in [0.3, 0.4) is 0 Å². The molecule has 21 heavy (non-hydrogen) atoms. The van der Waals surface area contributed by atoms with E-state index in [1.165, 1.54) is 29.2 Å². The van der Waals surface area contributed by atoms with E-state index in [2.05, 4.69) is 5.32 Å². The first-order chi connectivity index (χ1) is 9.01. The molecule has 7 nitrogen and oxygen atoms in total. The van der Waals surface area contributed by atoms with E-state index in [1.807, 2.05) is 0 Å². The second-order valence-corrected chi connectivity index (χ2v) is 3.70. The third-order valence-electron chi connectivity index (χ3n) is 2.43. The summed E-state index contributed by atoms with van der Waals surface area (Å²) in [6.07, 6.45) is 5.09. The van der Waals surface area contributed by atoms with Crippen molar-refractivity contribution in [3.63, 3.8) is 0 Å². The quantitative estimate of drug-likeness (QED) is 0.757. The van der Waals surface area contributed by atoms with Crippen molar-refractivity contribution in [2.45, 2.75) is 21.8 Å². The van der Waals surface area contributed by atoms with Gasteiger partial charge in [0.15, 0.2) is 0 Å². The molecule has 2 aliphatic heterocycles. The highest BCUT2D eigenvalue weighted by molar-refractivity contribution is 6.13. The lowest BCUT2D eigenvalue weighted by molar-refractivity contribution is -0.138. The summed E-state index contributed by atoms with van der Waals surface area (Å²) < 4.78 is 0. The van der Waals surface area contributed by atoms with Crippen molar-refractivity contribution in [3.05, 3.63) is 24.3 Å². The minimum absolute atomic E-state index is 0. The summed E-state index contributed by atoms with van der Waals surface area (Å²) in [7, 11) is 1.68. The largest absolute Gasteiger partial charge is 0.302 e. The smallest absolute Gasteiger partial charge is 0.254 e. The molecule has 0 aromatic heterocycles. The van der Waals surface area contributed by atoms with Crippen molar-refractivity contribution in [1.29, 1.82) is 0 Å². The first-order valence-corrected chi connectivity index (χ1v) is 5.73. The van der Waals surface area contributed by atoms with Crippen LogP contribution in [0.5, 0.6) is 0 Å². The molecular formula is C14H23N3O4. The molecule has 0 bridgehead atoms. The van der Waals surface area contributed by atoms with Crippen LogP contribution in [0, 0.1) is 0 Å². The van der Waals surface area contributed by atoms with E-state index in [9.17, 15) is 19.2 Å². The zero-order valence-electron chi connectivity index (χ0n) is 10.8. The van der Waals surface area contributed by atoms with Crippen molar-refractivity contribution in [1.82, 2.24) is 15.1 Å². The Labute approximate surface area is 125 Å². The Morgan fingerprint density at radius 3 is 1.38 bits per heavy atom. The molecule has 0 fully saturated rings. The minimum Gasteiger partial charge on any atom is -0.302 e. The predicted octanol–water partition coefficient (Wildman–Crippen LogP) is 0.292. The third-order valence-corrected chi connectivity index (χ3v) is 2.43. The summed E-state index contributed by atoms with van der Waals surface area (Å²) >= 11 is 0. The van der Waals surface area contributed by atoms with E-state index < -0.39 is 0 Å². The van der Waals surface area contributed by atoms with Gasteiger partial charge < -0.3 is 5.32 Å². The molecule has 0 saturated heterocycles. The molecule has 0 saturated carbocycles. The van der Waals surface area contributed by atoms with Gasteiger partial charge in [-0.3, -0.25) is 29.0 Å². The number of carbonyl (C=O) groups excluding carboxylic acids is 4. The lowest BCUT2D eigenvalue weighted by Crippen LogP contribution is -2.36. The molecule has 2 heterocycles. The number of nitrogens with one attached hydrogen (secondary N) is 1. The van der Waals surface area contributed by atoms with Gasteiger partial charge in [0.1, 0.15) is 0 Å². The lowest BCUT2D eigenvalue weighted by Gasteiger charge is -2.11. The zero-order chi connectivity index (χ0) is 14.4. The maximum atomic E-state index is 10.8. The number of carbonyl (C=O) groups is 4. The van der Waals surface area contributed by atoms with Crippen LogP contribution in [0.1, 0.15) is 21.8 Å². The number of nitrogens with zero attached hydrogens (tertiary/aromatic N) is 2. The van der Waals surface area contributed by atoms with Crippen LogP contribution in [-0.4, -0.2) is 53.7 Å². The van der Waals surface area contributed by atoms with Gasteiger partial charge in [0.25, 0.3) is 23.6 Å². The molecule has 4 amide bonds. The molecule has 0 spiro atoms. The number of likely N-dealkylation sites (N-methyl/N-ethyl adjacent to an activating group) is 1. The SMILES string of the molecule is C.C.CCN1C(=O)C=CC1=O.CNCN1C(=O)C=CC1=O. The first kappa shape index (κ1) is 21.0. The van der Waals surface area contributed by atoms with Crippen molar-refractivity contribution < 1.29 is 19.2 Å². The van der Waals surface area contributed by atoms with Gasteiger partial charge in [0.05, 0.1) is 6.67 Å². The van der Waals surface area contributed by atoms with Gasteiger partial charge in [0.2, 0.25) is 0 Å². The van der Waals surface area contributed by atoms with Crippen molar-refractivity contribution >= 4 is 23.6 Å². The van der Waals surface area contributed by atoms with E-state index in [0.717, 1.165) is 4.90 Å². The van der Waals surface area contributed by atoms with Gasteiger partial charge in [-0.1, -0.05) is 14.9 Å². The third kappa shape index (κ3) is 5.31. The van der Waals surface area contributed by atoms with Crippen LogP contribution in [0.25, 0.3) is 0 Å². The maximum absolute atomic E-state index is 10.8. The molecule has 0 atom stereocenters. The van der Waals surface area contributed by atoms with E-state index in [-0.39, 0.29) is 45.2 Å². The summed E-state index contributed by atoms with van der Waals surface area (Å²) in [5.41, 5.74) is 0. The Morgan fingerprint density at radius 2 is 1.14 bits per heavy atom. The van der Waals surface area contributed by atoms with E-state index in [4.69, 9.17) is 0 Å². The molecule has 2 aliphatic rings. The summed E-state index contributed by atoms with van der Waals surface area (Å²) in [5.74, 6) is -0.913. The summed E-state index contributed by atoms with van der Waals surface area (Å²) in [6.45, 7) is 2.51. The van der Waals surface area contributed by atoms with Crippen LogP contribution in [-0.2, 0) is 19.2 Å². The van der Waals surface area contributed by atoms with Crippen molar-refractivity contribution in [2.75, 3.05) is 20.3 Å². The molecule has 0 radical (unpaired) electrons. The molecule has 0 aromatic rings. The fourth-order valence-electron chi connectivity index (χ4n) is 1.49. The zero-order valence-corrected chi connectivity index (χ0v) is 10.8. The van der Waals surface area contributed by atoms with E-state index >= 15 is 0 Å². The van der Waals surface area contributed by atoms with Crippen molar-refractivity contribution in [3.8, 4) is 0 Å². The Balaban J connectivity index is 0. The molecule has 7 heteroatoms. The monoisotopic (exact) mass is 297 g/mol. The van der Waals surface area contributed by atoms with Gasteiger partial charge in [-0.05, 0) is 14.0 Å².